The minimum atomic E-state index is 0.858. The van der Waals surface area contributed by atoms with E-state index in [1.54, 1.807) is 0 Å². The summed E-state index contributed by atoms with van der Waals surface area (Å²) in [4.78, 5) is 15.1. The fourth-order valence-corrected chi connectivity index (χ4v) is 6.90. The predicted molar refractivity (Wildman–Crippen MR) is 164 cm³/mol. The lowest BCUT2D eigenvalue weighted by atomic mass is 10.0. The molecule has 4 nitrogen and oxygen atoms in total. The predicted octanol–water partition coefficient (Wildman–Crippen LogP) is 8.29. The highest BCUT2D eigenvalue weighted by Gasteiger charge is 2.15. The molecule has 8 bridgehead atoms. The van der Waals surface area contributed by atoms with Crippen LogP contribution in [0.25, 0.3) is 43.6 Å². The number of nitrogens with one attached hydrogen (secondary N) is 4. The van der Waals surface area contributed by atoms with E-state index in [4.69, 9.17) is 0 Å². The Balaban J connectivity index is 1.26. The number of rotatable bonds is 0. The molecule has 0 atom stereocenters. The average Bonchev–Trinajstić information content (AvgIpc) is 3.73. The summed E-state index contributed by atoms with van der Waals surface area (Å²) < 4.78 is 0. The van der Waals surface area contributed by atoms with Crippen molar-refractivity contribution in [2.75, 3.05) is 0 Å². The van der Waals surface area contributed by atoms with Crippen LogP contribution in [0.15, 0.2) is 97.1 Å². The molecular weight excluding hydrogens is 488 g/mol. The molecule has 192 valence electrons. The van der Waals surface area contributed by atoms with Crippen LogP contribution in [-0.2, 0) is 25.7 Å². The van der Waals surface area contributed by atoms with Crippen LogP contribution in [0.2, 0.25) is 0 Å². The van der Waals surface area contributed by atoms with E-state index in [9.17, 15) is 0 Å². The summed E-state index contributed by atoms with van der Waals surface area (Å²) in [5, 5.41) is 5.07. The van der Waals surface area contributed by atoms with Crippen molar-refractivity contribution in [1.29, 1.82) is 0 Å². The Morgan fingerprint density at radius 2 is 0.575 bits per heavy atom. The maximum absolute atomic E-state index is 3.79. The lowest BCUT2D eigenvalue weighted by Crippen LogP contribution is -1.94. The van der Waals surface area contributed by atoms with Gasteiger partial charge in [0, 0.05) is 70.5 Å². The molecule has 0 spiro atoms. The third kappa shape index (κ3) is 3.46. The standard InChI is InChI=1S/C36H28N4/c1-5-21-13-29-18-26-10-3-7-23-15-32(39-35(23)26)20-28-12-4-8-24-16-31(40-36(24)28)19-27-11-2-6-22-14-30(38-34(22)27)17-25(9-1)33(21)37-29/h1-16,37-40H,17-20H2. The molecule has 0 fully saturated rings. The smallest absolute Gasteiger partial charge is 0.0492 e. The number of fused-ring (bicyclic) bond motifs is 4. The fourth-order valence-electron chi connectivity index (χ4n) is 6.90. The molecule has 0 saturated carbocycles. The lowest BCUT2D eigenvalue weighted by molar-refractivity contribution is 1.08. The zero-order valence-corrected chi connectivity index (χ0v) is 22.1. The van der Waals surface area contributed by atoms with Crippen molar-refractivity contribution in [3.8, 4) is 0 Å². The van der Waals surface area contributed by atoms with E-state index in [0.29, 0.717) is 0 Å². The molecule has 0 saturated heterocycles. The average molecular weight is 517 g/mol. The summed E-state index contributed by atoms with van der Waals surface area (Å²) in [5.41, 5.74) is 15.1. The molecular formula is C36H28N4. The molecule has 4 N–H and O–H groups in total. The minimum absolute atomic E-state index is 0.858. The maximum Gasteiger partial charge on any atom is 0.0492 e. The summed E-state index contributed by atoms with van der Waals surface area (Å²) in [5.74, 6) is 0. The van der Waals surface area contributed by atoms with Gasteiger partial charge >= 0.3 is 0 Å². The second kappa shape index (κ2) is 8.27. The van der Waals surface area contributed by atoms with Crippen molar-refractivity contribution in [3.63, 3.8) is 0 Å². The zero-order chi connectivity index (χ0) is 26.2. The van der Waals surface area contributed by atoms with Gasteiger partial charge in [0.2, 0.25) is 0 Å². The monoisotopic (exact) mass is 516 g/mol. The number of aromatic amines is 4. The van der Waals surface area contributed by atoms with Gasteiger partial charge in [-0.15, -0.1) is 0 Å². The molecule has 4 heteroatoms. The van der Waals surface area contributed by atoms with E-state index in [2.05, 4.69) is 117 Å². The Bertz CT molecular complexity index is 1910. The lowest BCUT2D eigenvalue weighted by Gasteiger charge is -2.05. The van der Waals surface area contributed by atoms with Crippen LogP contribution >= 0.6 is 0 Å². The van der Waals surface area contributed by atoms with Gasteiger partial charge < -0.3 is 19.9 Å². The topological polar surface area (TPSA) is 63.2 Å². The SMILES string of the molecule is c1cc2c3[nH]c(cc3c1)Cc1cccc3cc([nH]c13)Cc1cccc3cc([nH]c13)Cc1cccc3cc([nH]c13)C2. The Hall–Kier alpha value is -4.96. The van der Waals surface area contributed by atoms with Gasteiger partial charge in [0.05, 0.1) is 0 Å². The number of hydrogen-bond donors (Lipinski definition) is 4. The molecule has 0 aliphatic carbocycles. The van der Waals surface area contributed by atoms with E-state index >= 15 is 0 Å². The van der Waals surface area contributed by atoms with Crippen molar-refractivity contribution in [1.82, 2.24) is 19.9 Å². The third-order valence-corrected chi connectivity index (χ3v) is 8.72. The Morgan fingerprint density at radius 1 is 0.325 bits per heavy atom. The van der Waals surface area contributed by atoms with Crippen molar-refractivity contribution >= 4 is 43.6 Å². The van der Waals surface area contributed by atoms with E-state index in [1.807, 2.05) is 0 Å². The first-order valence-corrected chi connectivity index (χ1v) is 14.1. The van der Waals surface area contributed by atoms with E-state index in [1.165, 1.54) is 88.6 Å². The molecule has 9 rings (SSSR count). The quantitative estimate of drug-likeness (QED) is 0.157. The van der Waals surface area contributed by atoms with Gasteiger partial charge in [0.25, 0.3) is 0 Å². The van der Waals surface area contributed by atoms with Crippen LogP contribution in [0.1, 0.15) is 45.0 Å². The van der Waals surface area contributed by atoms with Crippen LogP contribution in [0.5, 0.6) is 0 Å². The van der Waals surface area contributed by atoms with Gasteiger partial charge in [0.1, 0.15) is 0 Å². The zero-order valence-electron chi connectivity index (χ0n) is 22.1. The first-order chi connectivity index (χ1) is 19.7. The molecule has 1 aliphatic heterocycles. The number of hydrogen-bond acceptors (Lipinski definition) is 0. The van der Waals surface area contributed by atoms with Crippen molar-refractivity contribution < 1.29 is 0 Å². The Labute approximate surface area is 231 Å². The third-order valence-electron chi connectivity index (χ3n) is 8.72. The van der Waals surface area contributed by atoms with Gasteiger partial charge in [-0.25, -0.2) is 0 Å². The second-order valence-corrected chi connectivity index (χ2v) is 11.4. The molecule has 0 radical (unpaired) electrons. The molecule has 4 aromatic carbocycles. The first-order valence-electron chi connectivity index (χ1n) is 14.1. The number of benzene rings is 4. The number of aromatic nitrogens is 4. The van der Waals surface area contributed by atoms with Crippen molar-refractivity contribution in [3.05, 3.63) is 142 Å². The van der Waals surface area contributed by atoms with Gasteiger partial charge in [0.15, 0.2) is 0 Å². The molecule has 8 aromatic rings. The van der Waals surface area contributed by atoms with Crippen LogP contribution in [0, 0.1) is 0 Å². The number of H-pyrrole nitrogens is 4. The van der Waals surface area contributed by atoms with Gasteiger partial charge in [-0.2, -0.15) is 0 Å². The highest BCUT2D eigenvalue weighted by Crippen LogP contribution is 2.30. The van der Waals surface area contributed by atoms with E-state index in [0.717, 1.165) is 25.7 Å². The molecule has 1 aliphatic rings. The van der Waals surface area contributed by atoms with Crippen molar-refractivity contribution in [2.24, 2.45) is 0 Å². The van der Waals surface area contributed by atoms with Crippen LogP contribution in [0.3, 0.4) is 0 Å². The highest BCUT2D eigenvalue weighted by molar-refractivity contribution is 5.88. The molecule has 0 unspecified atom stereocenters. The van der Waals surface area contributed by atoms with Crippen LogP contribution in [-0.4, -0.2) is 19.9 Å². The summed E-state index contributed by atoms with van der Waals surface area (Å²) in [6, 6.07) is 35.9. The van der Waals surface area contributed by atoms with E-state index in [-0.39, 0.29) is 0 Å². The van der Waals surface area contributed by atoms with Crippen molar-refractivity contribution in [2.45, 2.75) is 25.7 Å². The molecule has 0 amide bonds. The molecule has 4 aromatic heterocycles. The van der Waals surface area contributed by atoms with Gasteiger partial charge in [-0.05, 0) is 68.1 Å². The largest absolute Gasteiger partial charge is 0.358 e. The minimum Gasteiger partial charge on any atom is -0.358 e. The van der Waals surface area contributed by atoms with Crippen LogP contribution < -0.4 is 0 Å². The summed E-state index contributed by atoms with van der Waals surface area (Å²) in [6.07, 6.45) is 3.43. The molecule has 40 heavy (non-hydrogen) atoms. The normalized spacial score (nSPS) is 13.6. The summed E-state index contributed by atoms with van der Waals surface area (Å²) in [6.45, 7) is 0. The molecule has 5 heterocycles. The Morgan fingerprint density at radius 3 is 0.825 bits per heavy atom. The Kier molecular flexibility index (Phi) is 4.53. The van der Waals surface area contributed by atoms with Gasteiger partial charge in [-0.1, -0.05) is 72.8 Å². The number of para-hydroxylation sites is 4. The van der Waals surface area contributed by atoms with Gasteiger partial charge in [-0.3, -0.25) is 0 Å². The fraction of sp³-hybridized carbons (Fsp3) is 0.111. The maximum atomic E-state index is 3.79. The second-order valence-electron chi connectivity index (χ2n) is 11.4. The summed E-state index contributed by atoms with van der Waals surface area (Å²) >= 11 is 0. The highest BCUT2D eigenvalue weighted by atomic mass is 14.8. The van der Waals surface area contributed by atoms with Crippen LogP contribution in [0.4, 0.5) is 0 Å². The first kappa shape index (κ1) is 21.9. The summed E-state index contributed by atoms with van der Waals surface area (Å²) in [7, 11) is 0. The van der Waals surface area contributed by atoms with E-state index < -0.39 is 0 Å².